The zero-order valence-electron chi connectivity index (χ0n) is 18.2. The molecule has 7 nitrogen and oxygen atoms in total. The first-order valence-electron chi connectivity index (χ1n) is 10.5. The first-order valence-corrected chi connectivity index (χ1v) is 10.5. The highest BCUT2D eigenvalue weighted by atomic mass is 16.6. The van der Waals surface area contributed by atoms with Crippen LogP contribution in [0.4, 0.5) is 4.79 Å². The van der Waals surface area contributed by atoms with Crippen molar-refractivity contribution in [2.45, 2.75) is 44.8 Å². The predicted molar refractivity (Wildman–Crippen MR) is 120 cm³/mol. The minimum atomic E-state index is -0.893. The van der Waals surface area contributed by atoms with Gasteiger partial charge in [-0.15, -0.1) is 0 Å². The second kappa shape index (κ2) is 9.68. The summed E-state index contributed by atoms with van der Waals surface area (Å²) in [6.45, 7) is 3.82. The molecule has 1 saturated heterocycles. The summed E-state index contributed by atoms with van der Waals surface area (Å²) >= 11 is 0. The number of nitrogens with zero attached hydrogens (tertiary/aromatic N) is 1. The van der Waals surface area contributed by atoms with Gasteiger partial charge in [-0.1, -0.05) is 60.1 Å². The van der Waals surface area contributed by atoms with Crippen molar-refractivity contribution in [1.82, 2.24) is 15.8 Å². The monoisotopic (exact) mass is 421 g/mol. The van der Waals surface area contributed by atoms with Gasteiger partial charge in [-0.3, -0.25) is 20.4 Å². The molecule has 2 N–H and O–H groups in total. The molecule has 0 radical (unpaired) electrons. The van der Waals surface area contributed by atoms with Crippen LogP contribution in [0.3, 0.4) is 0 Å². The van der Waals surface area contributed by atoms with Gasteiger partial charge in [-0.2, -0.15) is 0 Å². The number of hydrogen-bond donors (Lipinski definition) is 2. The fraction of sp³-hybridized carbons (Fsp3) is 0.348. The van der Waals surface area contributed by atoms with Crippen LogP contribution >= 0.6 is 0 Å². The SMILES string of the molecule is Bc1ccc([C@H](C)N2CC[C@](CCC(=O)NNC(C)=O)(c3ccccc3)OC2=O)cc1. The Bertz CT molecular complexity index is 936. The number of amides is 3. The predicted octanol–water partition coefficient (Wildman–Crippen LogP) is 1.69. The Kier molecular flexibility index (Phi) is 7.00. The van der Waals surface area contributed by atoms with Crippen LogP contribution in [-0.4, -0.2) is 37.2 Å². The number of ether oxygens (including phenoxy) is 1. The Morgan fingerprint density at radius 2 is 1.81 bits per heavy atom. The number of hydrogen-bond acceptors (Lipinski definition) is 4. The molecule has 3 rings (SSSR count). The lowest BCUT2D eigenvalue weighted by Crippen LogP contribution is -2.49. The molecule has 1 fully saturated rings. The molecular weight excluding hydrogens is 393 g/mol. The molecule has 162 valence electrons. The maximum absolute atomic E-state index is 13.1. The number of benzene rings is 2. The molecule has 0 aromatic heterocycles. The van der Waals surface area contributed by atoms with Crippen LogP contribution < -0.4 is 16.3 Å². The van der Waals surface area contributed by atoms with E-state index in [1.807, 2.05) is 69.4 Å². The van der Waals surface area contributed by atoms with Crippen molar-refractivity contribution in [3.8, 4) is 0 Å². The van der Waals surface area contributed by atoms with Crippen LogP contribution in [0, 0.1) is 0 Å². The van der Waals surface area contributed by atoms with Crippen molar-refractivity contribution in [1.29, 1.82) is 0 Å². The summed E-state index contributed by atoms with van der Waals surface area (Å²) in [6.07, 6.45) is 0.592. The third kappa shape index (κ3) is 5.45. The van der Waals surface area contributed by atoms with Gasteiger partial charge in [0.25, 0.3) is 0 Å². The van der Waals surface area contributed by atoms with Gasteiger partial charge in [-0.05, 0) is 18.1 Å². The fourth-order valence-electron chi connectivity index (χ4n) is 3.85. The van der Waals surface area contributed by atoms with Crippen LogP contribution in [0.2, 0.25) is 0 Å². The average molecular weight is 421 g/mol. The number of nitrogens with one attached hydrogen (secondary N) is 2. The Morgan fingerprint density at radius 1 is 1.13 bits per heavy atom. The van der Waals surface area contributed by atoms with Gasteiger partial charge in [0.15, 0.2) is 0 Å². The summed E-state index contributed by atoms with van der Waals surface area (Å²) in [6, 6.07) is 17.5. The minimum Gasteiger partial charge on any atom is -0.438 e. The molecule has 0 saturated carbocycles. The first-order chi connectivity index (χ1) is 14.8. The fourth-order valence-corrected chi connectivity index (χ4v) is 3.85. The molecule has 8 heteroatoms. The number of hydrazine groups is 1. The molecule has 1 aliphatic rings. The molecule has 0 bridgehead atoms. The van der Waals surface area contributed by atoms with Gasteiger partial charge in [0.05, 0.1) is 6.04 Å². The second-order valence-corrected chi connectivity index (χ2v) is 7.99. The molecule has 0 unspecified atom stereocenters. The topological polar surface area (TPSA) is 87.7 Å². The lowest BCUT2D eigenvalue weighted by molar-refractivity contribution is -0.129. The lowest BCUT2D eigenvalue weighted by atomic mass is 9.84. The van der Waals surface area contributed by atoms with Crippen molar-refractivity contribution in [2.75, 3.05) is 6.54 Å². The smallest absolute Gasteiger partial charge is 0.411 e. The van der Waals surface area contributed by atoms with Gasteiger partial charge in [0.2, 0.25) is 11.8 Å². The Balaban J connectivity index is 1.75. The maximum Gasteiger partial charge on any atom is 0.411 e. The zero-order valence-corrected chi connectivity index (χ0v) is 18.2. The van der Waals surface area contributed by atoms with Gasteiger partial charge in [0, 0.05) is 32.7 Å². The number of cyclic esters (lactones) is 1. The highest BCUT2D eigenvalue weighted by molar-refractivity contribution is 6.32. The van der Waals surface area contributed by atoms with Crippen molar-refractivity contribution in [3.63, 3.8) is 0 Å². The third-order valence-electron chi connectivity index (χ3n) is 5.73. The maximum atomic E-state index is 13.1. The Labute approximate surface area is 183 Å². The molecule has 2 atom stereocenters. The summed E-state index contributed by atoms with van der Waals surface area (Å²) in [5.74, 6) is -0.687. The summed E-state index contributed by atoms with van der Waals surface area (Å²) in [5.41, 5.74) is 6.83. The minimum absolute atomic E-state index is 0.107. The first kappa shape index (κ1) is 22.4. The quantitative estimate of drug-likeness (QED) is 0.549. The van der Waals surface area contributed by atoms with E-state index in [-0.39, 0.29) is 24.3 Å². The molecule has 0 spiro atoms. The Morgan fingerprint density at radius 3 is 2.42 bits per heavy atom. The number of carbonyl (C=O) groups is 3. The average Bonchev–Trinajstić information content (AvgIpc) is 2.77. The van der Waals surface area contributed by atoms with Crippen LogP contribution in [0.1, 0.15) is 50.3 Å². The number of rotatable bonds is 6. The molecule has 1 aliphatic heterocycles. The molecule has 1 heterocycles. The van der Waals surface area contributed by atoms with E-state index >= 15 is 0 Å². The normalized spacial score (nSPS) is 19.3. The van der Waals surface area contributed by atoms with E-state index in [9.17, 15) is 14.4 Å². The zero-order chi connectivity index (χ0) is 22.4. The Hall–Kier alpha value is -3.29. The molecule has 31 heavy (non-hydrogen) atoms. The van der Waals surface area contributed by atoms with Crippen molar-refractivity contribution in [2.24, 2.45) is 0 Å². The third-order valence-corrected chi connectivity index (χ3v) is 5.73. The molecule has 2 aromatic carbocycles. The number of carbonyl (C=O) groups excluding carboxylic acids is 3. The van der Waals surface area contributed by atoms with E-state index in [0.717, 1.165) is 16.6 Å². The highest BCUT2D eigenvalue weighted by Crippen LogP contribution is 2.40. The van der Waals surface area contributed by atoms with E-state index in [1.165, 1.54) is 6.92 Å². The van der Waals surface area contributed by atoms with Crippen LogP contribution in [0.5, 0.6) is 0 Å². The summed E-state index contributed by atoms with van der Waals surface area (Å²) in [7, 11) is 2.03. The van der Waals surface area contributed by atoms with Gasteiger partial charge < -0.3 is 9.64 Å². The van der Waals surface area contributed by atoms with Crippen LogP contribution in [0.25, 0.3) is 0 Å². The van der Waals surface area contributed by atoms with Crippen LogP contribution in [-0.2, 0) is 19.9 Å². The summed E-state index contributed by atoms with van der Waals surface area (Å²) in [5, 5.41) is 0. The van der Waals surface area contributed by atoms with E-state index in [4.69, 9.17) is 4.74 Å². The van der Waals surface area contributed by atoms with Gasteiger partial charge in [0.1, 0.15) is 13.4 Å². The molecule has 0 aliphatic carbocycles. The largest absolute Gasteiger partial charge is 0.438 e. The van der Waals surface area contributed by atoms with Gasteiger partial charge >= 0.3 is 6.09 Å². The van der Waals surface area contributed by atoms with Crippen molar-refractivity contribution < 1.29 is 19.1 Å². The lowest BCUT2D eigenvalue weighted by Gasteiger charge is -2.43. The van der Waals surface area contributed by atoms with Crippen molar-refractivity contribution in [3.05, 3.63) is 65.7 Å². The summed E-state index contributed by atoms with van der Waals surface area (Å²) < 4.78 is 6.03. The van der Waals surface area contributed by atoms with Crippen molar-refractivity contribution >= 4 is 31.2 Å². The summed E-state index contributed by atoms with van der Waals surface area (Å²) in [4.78, 5) is 38.0. The molecule has 2 aromatic rings. The molecule has 3 amide bonds. The standard InChI is InChI=1S/C23H28BN3O4/c1-16(18-8-10-20(24)11-9-18)27-15-14-23(31-22(27)30,19-6-4-3-5-7-19)13-12-21(29)26-25-17(2)28/h3-11,16H,12-15,24H2,1-2H3,(H,25,28)(H,26,29)/t16-,23+/m0/s1. The van der Waals surface area contributed by atoms with E-state index in [2.05, 4.69) is 10.9 Å². The van der Waals surface area contributed by atoms with E-state index in [0.29, 0.717) is 19.4 Å². The van der Waals surface area contributed by atoms with Gasteiger partial charge in [-0.25, -0.2) is 4.79 Å². The molecular formula is C23H28BN3O4. The van der Waals surface area contributed by atoms with E-state index in [1.54, 1.807) is 4.90 Å². The van der Waals surface area contributed by atoms with Crippen LogP contribution in [0.15, 0.2) is 54.6 Å². The second-order valence-electron chi connectivity index (χ2n) is 7.99. The highest BCUT2D eigenvalue weighted by Gasteiger charge is 2.43. The van der Waals surface area contributed by atoms with E-state index < -0.39 is 11.7 Å².